The Morgan fingerprint density at radius 2 is 1.95 bits per heavy atom. The van der Waals surface area contributed by atoms with Gasteiger partial charge in [0.2, 0.25) is 5.95 Å². The van der Waals surface area contributed by atoms with E-state index in [0.29, 0.717) is 6.04 Å². The third-order valence-electron chi connectivity index (χ3n) is 4.39. The van der Waals surface area contributed by atoms with Crippen molar-refractivity contribution in [1.29, 1.82) is 0 Å². The summed E-state index contributed by atoms with van der Waals surface area (Å²) < 4.78 is 0. The first-order valence-electron chi connectivity index (χ1n) is 7.30. The van der Waals surface area contributed by atoms with Crippen molar-refractivity contribution in [2.24, 2.45) is 5.92 Å². The monoisotopic (exact) mass is 261 g/mol. The molecule has 0 radical (unpaired) electrons. The summed E-state index contributed by atoms with van der Waals surface area (Å²) in [6, 6.07) is 2.55. The van der Waals surface area contributed by atoms with Gasteiger partial charge in [0.25, 0.3) is 0 Å². The first-order valence-corrected chi connectivity index (χ1v) is 7.30. The predicted molar refractivity (Wildman–Crippen MR) is 76.3 cm³/mol. The van der Waals surface area contributed by atoms with Gasteiger partial charge in [-0.15, -0.1) is 0 Å². The van der Waals surface area contributed by atoms with Gasteiger partial charge in [0.15, 0.2) is 0 Å². The van der Waals surface area contributed by atoms with E-state index in [1.54, 1.807) is 0 Å². The van der Waals surface area contributed by atoms with E-state index in [0.717, 1.165) is 38.0 Å². The van der Waals surface area contributed by atoms with Crippen molar-refractivity contribution >= 4 is 5.95 Å². The zero-order valence-electron chi connectivity index (χ0n) is 11.6. The zero-order valence-corrected chi connectivity index (χ0v) is 11.6. The van der Waals surface area contributed by atoms with Crippen molar-refractivity contribution in [1.82, 2.24) is 20.2 Å². The molecule has 0 spiro atoms. The van der Waals surface area contributed by atoms with Gasteiger partial charge in [-0.3, -0.25) is 4.90 Å². The maximum atomic E-state index is 4.33. The third-order valence-corrected chi connectivity index (χ3v) is 4.39. The topological polar surface area (TPSA) is 44.3 Å². The number of hydrogen-bond donors (Lipinski definition) is 1. The van der Waals surface area contributed by atoms with E-state index >= 15 is 0 Å². The highest BCUT2D eigenvalue weighted by Gasteiger charge is 2.27. The molecule has 1 aromatic rings. The smallest absolute Gasteiger partial charge is 0.225 e. The van der Waals surface area contributed by atoms with E-state index in [1.807, 2.05) is 18.5 Å². The molecule has 0 aliphatic carbocycles. The minimum atomic E-state index is 0.676. The fraction of sp³-hybridized carbons (Fsp3) is 0.714. The lowest BCUT2D eigenvalue weighted by Gasteiger charge is -2.36. The zero-order chi connectivity index (χ0) is 13.1. The van der Waals surface area contributed by atoms with E-state index in [-0.39, 0.29) is 0 Å². The molecule has 3 rings (SSSR count). The Labute approximate surface area is 115 Å². The van der Waals surface area contributed by atoms with Crippen molar-refractivity contribution in [2.75, 3.05) is 44.2 Å². The van der Waals surface area contributed by atoms with Crippen LogP contribution in [0, 0.1) is 5.92 Å². The Kier molecular flexibility index (Phi) is 3.94. The fourth-order valence-electron chi connectivity index (χ4n) is 3.08. The first-order chi connectivity index (χ1) is 9.33. The predicted octanol–water partition coefficient (Wildman–Crippen LogP) is 0.597. The number of nitrogens with zero attached hydrogens (tertiary/aromatic N) is 4. The summed E-state index contributed by atoms with van der Waals surface area (Å²) in [5.74, 6) is 1.69. The van der Waals surface area contributed by atoms with Crippen molar-refractivity contribution in [3.05, 3.63) is 18.5 Å². The summed E-state index contributed by atoms with van der Waals surface area (Å²) in [5.41, 5.74) is 0. The van der Waals surface area contributed by atoms with Gasteiger partial charge < -0.3 is 10.2 Å². The van der Waals surface area contributed by atoms with Crippen molar-refractivity contribution in [3.63, 3.8) is 0 Å². The van der Waals surface area contributed by atoms with Crippen molar-refractivity contribution < 1.29 is 0 Å². The molecule has 19 heavy (non-hydrogen) atoms. The summed E-state index contributed by atoms with van der Waals surface area (Å²) in [5, 5.41) is 3.54. The molecule has 2 aliphatic rings. The van der Waals surface area contributed by atoms with Crippen LogP contribution in [0.15, 0.2) is 18.5 Å². The lowest BCUT2D eigenvalue weighted by Crippen LogP contribution is -2.49. The molecule has 0 amide bonds. The normalized spacial score (nSPS) is 28.8. The standard InChI is InChI=1S/C14H23N5/c1-12-13(3-6-15-12)11-18-7-9-19(10-8-18)14-16-4-2-5-17-14/h2,4-5,12-13,15H,3,6-11H2,1H3. The van der Waals surface area contributed by atoms with Crippen LogP contribution in [0.25, 0.3) is 0 Å². The maximum absolute atomic E-state index is 4.33. The molecular weight excluding hydrogens is 238 g/mol. The summed E-state index contributed by atoms with van der Waals surface area (Å²) in [6.07, 6.45) is 4.96. The van der Waals surface area contributed by atoms with Crippen molar-refractivity contribution in [2.45, 2.75) is 19.4 Å². The number of aromatic nitrogens is 2. The summed E-state index contributed by atoms with van der Waals surface area (Å²) >= 11 is 0. The molecule has 1 aromatic heterocycles. The molecule has 5 nitrogen and oxygen atoms in total. The molecule has 2 fully saturated rings. The van der Waals surface area contributed by atoms with Gasteiger partial charge in [-0.25, -0.2) is 9.97 Å². The molecular formula is C14H23N5. The molecule has 2 atom stereocenters. The van der Waals surface area contributed by atoms with Gasteiger partial charge >= 0.3 is 0 Å². The highest BCUT2D eigenvalue weighted by atomic mass is 15.3. The van der Waals surface area contributed by atoms with E-state index in [1.165, 1.54) is 19.5 Å². The molecule has 0 aromatic carbocycles. The van der Waals surface area contributed by atoms with E-state index in [4.69, 9.17) is 0 Å². The first kappa shape index (κ1) is 12.8. The van der Waals surface area contributed by atoms with E-state index < -0.39 is 0 Å². The average Bonchev–Trinajstić information content (AvgIpc) is 2.86. The van der Waals surface area contributed by atoms with Crippen LogP contribution >= 0.6 is 0 Å². The fourth-order valence-corrected chi connectivity index (χ4v) is 3.08. The van der Waals surface area contributed by atoms with Gasteiger partial charge in [-0.05, 0) is 31.9 Å². The second-order valence-electron chi connectivity index (χ2n) is 5.63. The molecule has 5 heteroatoms. The molecule has 2 aliphatic heterocycles. The molecule has 0 bridgehead atoms. The largest absolute Gasteiger partial charge is 0.338 e. The number of rotatable bonds is 3. The van der Waals surface area contributed by atoms with Crippen LogP contribution in [0.4, 0.5) is 5.95 Å². The van der Waals surface area contributed by atoms with Gasteiger partial charge in [-0.1, -0.05) is 0 Å². The lowest BCUT2D eigenvalue weighted by molar-refractivity contribution is 0.211. The number of piperazine rings is 1. The number of anilines is 1. The SMILES string of the molecule is CC1NCCC1CN1CCN(c2ncccn2)CC1. The van der Waals surface area contributed by atoms with Crippen LogP contribution in [0.1, 0.15) is 13.3 Å². The Balaban J connectivity index is 1.49. The van der Waals surface area contributed by atoms with Crippen LogP contribution in [0.2, 0.25) is 0 Å². The summed E-state index contributed by atoms with van der Waals surface area (Å²) in [4.78, 5) is 13.5. The second kappa shape index (κ2) is 5.84. The molecule has 2 unspecified atom stereocenters. The minimum absolute atomic E-state index is 0.676. The van der Waals surface area contributed by atoms with Gasteiger partial charge in [0.1, 0.15) is 0 Å². The molecule has 104 valence electrons. The molecule has 3 heterocycles. The summed E-state index contributed by atoms with van der Waals surface area (Å²) in [6.45, 7) is 9.06. The number of nitrogens with one attached hydrogen (secondary N) is 1. The number of hydrogen-bond acceptors (Lipinski definition) is 5. The second-order valence-corrected chi connectivity index (χ2v) is 5.63. The Bertz CT molecular complexity index is 388. The molecule has 1 N–H and O–H groups in total. The van der Waals surface area contributed by atoms with Crippen LogP contribution in [-0.4, -0.2) is 60.2 Å². The van der Waals surface area contributed by atoms with Crippen LogP contribution < -0.4 is 10.2 Å². The maximum Gasteiger partial charge on any atom is 0.225 e. The van der Waals surface area contributed by atoms with Gasteiger partial charge in [-0.2, -0.15) is 0 Å². The lowest BCUT2D eigenvalue weighted by atomic mass is 10.0. The Morgan fingerprint density at radius 1 is 1.21 bits per heavy atom. The van der Waals surface area contributed by atoms with E-state index in [9.17, 15) is 0 Å². The van der Waals surface area contributed by atoms with E-state index in [2.05, 4.69) is 32.0 Å². The minimum Gasteiger partial charge on any atom is -0.338 e. The van der Waals surface area contributed by atoms with Gasteiger partial charge in [0, 0.05) is 51.2 Å². The quantitative estimate of drug-likeness (QED) is 0.863. The van der Waals surface area contributed by atoms with Crippen LogP contribution in [0.5, 0.6) is 0 Å². The highest BCUT2D eigenvalue weighted by molar-refractivity contribution is 5.29. The average molecular weight is 261 g/mol. The van der Waals surface area contributed by atoms with Crippen LogP contribution in [0.3, 0.4) is 0 Å². The summed E-state index contributed by atoms with van der Waals surface area (Å²) in [7, 11) is 0. The van der Waals surface area contributed by atoms with Crippen LogP contribution in [-0.2, 0) is 0 Å². The Morgan fingerprint density at radius 3 is 2.58 bits per heavy atom. The third kappa shape index (κ3) is 3.04. The molecule has 0 saturated carbocycles. The highest BCUT2D eigenvalue weighted by Crippen LogP contribution is 2.18. The molecule has 2 saturated heterocycles. The van der Waals surface area contributed by atoms with Gasteiger partial charge in [0.05, 0.1) is 0 Å². The van der Waals surface area contributed by atoms with Crippen molar-refractivity contribution in [3.8, 4) is 0 Å². The Hall–Kier alpha value is -1.20.